The summed E-state index contributed by atoms with van der Waals surface area (Å²) in [5.74, 6) is -0.830. The van der Waals surface area contributed by atoms with Crippen molar-refractivity contribution < 1.29 is 17.9 Å². The van der Waals surface area contributed by atoms with Crippen molar-refractivity contribution in [2.24, 2.45) is 0 Å². The van der Waals surface area contributed by atoms with Gasteiger partial charge in [-0.2, -0.15) is 4.31 Å². The van der Waals surface area contributed by atoms with Gasteiger partial charge in [-0.05, 0) is 25.0 Å². The summed E-state index contributed by atoms with van der Waals surface area (Å²) in [5.41, 5.74) is 0.0808. The summed E-state index contributed by atoms with van der Waals surface area (Å²) in [6, 6.07) is 2.14. The van der Waals surface area contributed by atoms with E-state index in [0.717, 1.165) is 25.3 Å². The topological polar surface area (TPSA) is 57.6 Å². The molecule has 1 fully saturated rings. The summed E-state index contributed by atoms with van der Waals surface area (Å²) in [6.07, 6.45) is 2.62. The molecule has 1 aromatic rings. The fourth-order valence-corrected chi connectivity index (χ4v) is 3.89. The van der Waals surface area contributed by atoms with Gasteiger partial charge < -0.3 is 5.11 Å². The Morgan fingerprint density at radius 2 is 1.89 bits per heavy atom. The Morgan fingerprint density at radius 3 is 2.47 bits per heavy atom. The van der Waals surface area contributed by atoms with Crippen molar-refractivity contribution in [3.63, 3.8) is 0 Å². The zero-order chi connectivity index (χ0) is 14.0. The maximum absolute atomic E-state index is 13.6. The molecule has 106 valence electrons. The predicted octanol–water partition coefficient (Wildman–Crippen LogP) is 2.15. The van der Waals surface area contributed by atoms with Crippen molar-refractivity contribution in [2.75, 3.05) is 13.1 Å². The molecule has 4 nitrogen and oxygen atoms in total. The molecule has 0 spiro atoms. The second kappa shape index (κ2) is 5.75. The number of aliphatic hydroxyl groups excluding tert-OH is 1. The number of hydrogen-bond acceptors (Lipinski definition) is 3. The summed E-state index contributed by atoms with van der Waals surface area (Å²) in [5, 5.41) is 8.85. The molecule has 0 saturated carbocycles. The molecule has 7 heteroatoms. The van der Waals surface area contributed by atoms with Crippen molar-refractivity contribution in [2.45, 2.75) is 30.8 Å². The van der Waals surface area contributed by atoms with Crippen molar-refractivity contribution in [3.05, 3.63) is 28.5 Å². The van der Waals surface area contributed by atoms with Crippen LogP contribution in [0.2, 0.25) is 5.02 Å². The molecular formula is C12H15ClFNO3S. The number of aliphatic hydroxyl groups is 1. The van der Waals surface area contributed by atoms with Crippen LogP contribution in [0.4, 0.5) is 4.39 Å². The van der Waals surface area contributed by atoms with Crippen molar-refractivity contribution in [3.8, 4) is 0 Å². The van der Waals surface area contributed by atoms with Crippen molar-refractivity contribution >= 4 is 21.6 Å². The fraction of sp³-hybridized carbons (Fsp3) is 0.500. The number of benzene rings is 1. The number of halogens is 2. The van der Waals surface area contributed by atoms with Gasteiger partial charge >= 0.3 is 0 Å². The van der Waals surface area contributed by atoms with E-state index in [0.29, 0.717) is 13.1 Å². The van der Waals surface area contributed by atoms with E-state index in [-0.39, 0.29) is 15.5 Å². The zero-order valence-corrected chi connectivity index (χ0v) is 11.8. The van der Waals surface area contributed by atoms with Crippen LogP contribution in [0, 0.1) is 5.82 Å². The van der Waals surface area contributed by atoms with Crippen LogP contribution in [0.1, 0.15) is 24.8 Å². The van der Waals surface area contributed by atoms with Crippen molar-refractivity contribution in [1.82, 2.24) is 4.31 Å². The summed E-state index contributed by atoms with van der Waals surface area (Å²) >= 11 is 5.66. The van der Waals surface area contributed by atoms with Crippen LogP contribution in [-0.4, -0.2) is 30.9 Å². The molecule has 1 aliphatic rings. The molecule has 0 aromatic heterocycles. The third-order valence-electron chi connectivity index (χ3n) is 3.20. The van der Waals surface area contributed by atoms with Crippen LogP contribution in [0.25, 0.3) is 0 Å². The lowest BCUT2D eigenvalue weighted by Gasteiger charge is -2.26. The maximum Gasteiger partial charge on any atom is 0.243 e. The minimum absolute atomic E-state index is 0.0808. The lowest BCUT2D eigenvalue weighted by Crippen LogP contribution is -2.35. The predicted molar refractivity (Wildman–Crippen MR) is 69.9 cm³/mol. The van der Waals surface area contributed by atoms with E-state index in [1.165, 1.54) is 10.4 Å². The Bertz CT molecular complexity index is 571. The van der Waals surface area contributed by atoms with Gasteiger partial charge in [-0.15, -0.1) is 0 Å². The average molecular weight is 308 g/mol. The highest BCUT2D eigenvalue weighted by Gasteiger charge is 2.27. The molecule has 0 radical (unpaired) electrons. The van der Waals surface area contributed by atoms with Crippen LogP contribution in [0.5, 0.6) is 0 Å². The Labute approximate surface area is 116 Å². The lowest BCUT2D eigenvalue weighted by atomic mass is 10.2. The van der Waals surface area contributed by atoms with Crippen LogP contribution >= 0.6 is 11.6 Å². The normalized spacial score (nSPS) is 17.6. The number of piperidine rings is 1. The van der Waals surface area contributed by atoms with Crippen molar-refractivity contribution in [1.29, 1.82) is 0 Å². The molecule has 1 N–H and O–H groups in total. The summed E-state index contributed by atoms with van der Waals surface area (Å²) in [7, 11) is -3.71. The summed E-state index contributed by atoms with van der Waals surface area (Å²) in [6.45, 7) is 0.390. The molecule has 1 saturated heterocycles. The Kier molecular flexibility index (Phi) is 4.45. The van der Waals surface area contributed by atoms with Crippen LogP contribution in [0.3, 0.4) is 0 Å². The smallest absolute Gasteiger partial charge is 0.243 e. The summed E-state index contributed by atoms with van der Waals surface area (Å²) in [4.78, 5) is -0.152. The van der Waals surface area contributed by atoms with E-state index < -0.39 is 22.4 Å². The number of hydrogen-bond donors (Lipinski definition) is 1. The van der Waals surface area contributed by atoms with E-state index in [1.807, 2.05) is 0 Å². The van der Waals surface area contributed by atoms with Gasteiger partial charge in [-0.3, -0.25) is 0 Å². The molecule has 0 aliphatic carbocycles. The quantitative estimate of drug-likeness (QED) is 0.931. The van der Waals surface area contributed by atoms with Gasteiger partial charge in [0.1, 0.15) is 5.82 Å². The first-order valence-corrected chi connectivity index (χ1v) is 7.87. The van der Waals surface area contributed by atoms with Gasteiger partial charge in [0.25, 0.3) is 0 Å². The third-order valence-corrected chi connectivity index (χ3v) is 5.50. The molecule has 1 aliphatic heterocycles. The van der Waals surface area contributed by atoms with Gasteiger partial charge in [0.15, 0.2) is 0 Å². The van der Waals surface area contributed by atoms with Gasteiger partial charge in [0.2, 0.25) is 10.0 Å². The van der Waals surface area contributed by atoms with E-state index in [4.69, 9.17) is 16.7 Å². The first kappa shape index (κ1) is 14.7. The van der Waals surface area contributed by atoms with Crippen LogP contribution < -0.4 is 0 Å². The molecule has 1 heterocycles. The molecule has 1 aromatic carbocycles. The first-order chi connectivity index (χ1) is 8.96. The molecule has 0 bridgehead atoms. The summed E-state index contributed by atoms with van der Waals surface area (Å²) < 4.78 is 39.7. The minimum Gasteiger partial charge on any atom is -0.392 e. The molecule has 0 atom stereocenters. The zero-order valence-electron chi connectivity index (χ0n) is 10.3. The maximum atomic E-state index is 13.6. The minimum atomic E-state index is -3.71. The highest BCUT2D eigenvalue weighted by atomic mass is 35.5. The van der Waals surface area contributed by atoms with Crippen LogP contribution in [0.15, 0.2) is 17.0 Å². The van der Waals surface area contributed by atoms with Gasteiger partial charge in [0.05, 0.1) is 16.5 Å². The molecule has 2 rings (SSSR count). The lowest BCUT2D eigenvalue weighted by molar-refractivity contribution is 0.281. The molecule has 0 amide bonds. The third kappa shape index (κ3) is 2.91. The highest BCUT2D eigenvalue weighted by molar-refractivity contribution is 7.89. The van der Waals surface area contributed by atoms with E-state index in [2.05, 4.69) is 0 Å². The SMILES string of the molecule is O=S(=O)(c1cc(F)c(Cl)c(CO)c1)N1CCCCC1. The number of rotatable bonds is 3. The highest BCUT2D eigenvalue weighted by Crippen LogP contribution is 2.27. The Balaban J connectivity index is 2.42. The Morgan fingerprint density at radius 1 is 1.26 bits per heavy atom. The second-order valence-electron chi connectivity index (χ2n) is 4.50. The fourth-order valence-electron chi connectivity index (χ4n) is 2.14. The van der Waals surface area contributed by atoms with Crippen LogP contribution in [-0.2, 0) is 16.6 Å². The number of nitrogens with zero attached hydrogens (tertiary/aromatic N) is 1. The standard InChI is InChI=1S/C12H15ClFNO3S/c13-12-9(8-16)6-10(7-11(12)14)19(17,18)15-4-2-1-3-5-15/h6-7,16H,1-5,8H2. The van der Waals surface area contributed by atoms with E-state index in [1.54, 1.807) is 0 Å². The van der Waals surface area contributed by atoms with Gasteiger partial charge in [-0.25, -0.2) is 12.8 Å². The monoisotopic (exact) mass is 307 g/mol. The van der Waals surface area contributed by atoms with Gasteiger partial charge in [-0.1, -0.05) is 18.0 Å². The largest absolute Gasteiger partial charge is 0.392 e. The first-order valence-electron chi connectivity index (χ1n) is 6.05. The molecular weight excluding hydrogens is 293 g/mol. The van der Waals surface area contributed by atoms with E-state index in [9.17, 15) is 12.8 Å². The second-order valence-corrected chi connectivity index (χ2v) is 6.82. The average Bonchev–Trinajstić information content (AvgIpc) is 2.42. The molecule has 0 unspecified atom stereocenters. The Hall–Kier alpha value is -0.690. The number of sulfonamides is 1. The molecule has 19 heavy (non-hydrogen) atoms. The van der Waals surface area contributed by atoms with Gasteiger partial charge in [0, 0.05) is 18.7 Å². The van der Waals surface area contributed by atoms with E-state index >= 15 is 0 Å².